The molecule has 176 valence electrons. The second-order valence-corrected chi connectivity index (χ2v) is 12.0. The first-order valence-electron chi connectivity index (χ1n) is 11.2. The number of rotatable bonds is 8. The Bertz CT molecular complexity index is 988. The van der Waals surface area contributed by atoms with Gasteiger partial charge in [0.05, 0.1) is 16.4 Å². The number of benzene rings is 1. The van der Waals surface area contributed by atoms with Crippen LogP contribution in [-0.4, -0.2) is 45.9 Å². The van der Waals surface area contributed by atoms with E-state index < -0.39 is 21.5 Å². The third-order valence-electron chi connectivity index (χ3n) is 7.74. The molecule has 9 nitrogen and oxygen atoms in total. The number of sulfonamides is 1. The van der Waals surface area contributed by atoms with Crippen molar-refractivity contribution in [3.63, 3.8) is 0 Å². The van der Waals surface area contributed by atoms with Gasteiger partial charge in [-0.2, -0.15) is 0 Å². The molecule has 4 saturated carbocycles. The standard InChI is InChI=1S/C22H32N4O5S/c1-14(22-10-15-6-16(11-22)8-17(7-15)12-22)24-21(27)13-23-32(30,31)18-4-5-19(25(2)3)20(9-18)26(28)29/h4-5,9,14-17,23H,6-8,10-13H2,1-3H3,(H,24,27). The average molecular weight is 465 g/mol. The summed E-state index contributed by atoms with van der Waals surface area (Å²) in [6.45, 7) is 1.64. The molecule has 1 aromatic rings. The molecule has 1 atom stereocenters. The van der Waals surface area contributed by atoms with Crippen LogP contribution in [0.25, 0.3) is 0 Å². The SMILES string of the molecule is CC(NC(=O)CNS(=O)(=O)c1ccc(N(C)C)c([N+](=O)[O-])c1)C12CC3CC(CC(C3)C1)C2. The summed E-state index contributed by atoms with van der Waals surface area (Å²) < 4.78 is 27.6. The number of carbonyl (C=O) groups excluding carboxylic acids is 1. The van der Waals surface area contributed by atoms with Crippen LogP contribution < -0.4 is 14.9 Å². The van der Waals surface area contributed by atoms with Gasteiger partial charge in [-0.1, -0.05) is 0 Å². The summed E-state index contributed by atoms with van der Waals surface area (Å²) in [5.74, 6) is 1.91. The monoisotopic (exact) mass is 464 g/mol. The van der Waals surface area contributed by atoms with Gasteiger partial charge in [-0.15, -0.1) is 0 Å². The lowest BCUT2D eigenvalue weighted by atomic mass is 9.48. The number of anilines is 1. The normalized spacial score (nSPS) is 29.5. The lowest BCUT2D eigenvalue weighted by Gasteiger charge is -2.59. The summed E-state index contributed by atoms with van der Waals surface area (Å²) >= 11 is 0. The zero-order valence-corrected chi connectivity index (χ0v) is 19.7. The zero-order chi connectivity index (χ0) is 23.3. The molecule has 5 rings (SSSR count). The molecule has 0 heterocycles. The Hall–Kier alpha value is -2.20. The van der Waals surface area contributed by atoms with Gasteiger partial charge in [-0.25, -0.2) is 13.1 Å². The number of nitrogens with zero attached hydrogens (tertiary/aromatic N) is 2. The molecule has 0 aliphatic heterocycles. The van der Waals surface area contributed by atoms with Crippen LogP contribution in [0.1, 0.15) is 45.4 Å². The summed E-state index contributed by atoms with van der Waals surface area (Å²) in [4.78, 5) is 24.6. The van der Waals surface area contributed by atoms with Crippen molar-refractivity contribution in [2.24, 2.45) is 23.2 Å². The predicted octanol–water partition coefficient (Wildman–Crippen LogP) is 2.66. The summed E-state index contributed by atoms with van der Waals surface area (Å²) in [5, 5.41) is 14.4. The average Bonchev–Trinajstić information content (AvgIpc) is 2.70. The first-order chi connectivity index (χ1) is 15.0. The topological polar surface area (TPSA) is 122 Å². The lowest BCUT2D eigenvalue weighted by Crippen LogP contribution is -2.56. The lowest BCUT2D eigenvalue weighted by molar-refractivity contribution is -0.384. The molecule has 1 unspecified atom stereocenters. The molecule has 0 aromatic heterocycles. The van der Waals surface area contributed by atoms with Crippen LogP contribution in [0.3, 0.4) is 0 Å². The van der Waals surface area contributed by atoms with Gasteiger partial charge >= 0.3 is 0 Å². The number of carbonyl (C=O) groups is 1. The Kier molecular flexibility index (Phi) is 5.96. The van der Waals surface area contributed by atoms with E-state index in [4.69, 9.17) is 0 Å². The number of hydrogen-bond acceptors (Lipinski definition) is 6. The first-order valence-corrected chi connectivity index (χ1v) is 12.7. The van der Waals surface area contributed by atoms with E-state index in [-0.39, 0.29) is 27.9 Å². The van der Waals surface area contributed by atoms with E-state index in [9.17, 15) is 23.3 Å². The highest BCUT2D eigenvalue weighted by Gasteiger charge is 2.53. The van der Waals surface area contributed by atoms with E-state index in [1.807, 2.05) is 6.92 Å². The van der Waals surface area contributed by atoms with Gasteiger partial charge in [0.15, 0.2) is 0 Å². The van der Waals surface area contributed by atoms with Crippen LogP contribution in [0, 0.1) is 33.3 Å². The third kappa shape index (κ3) is 4.34. The second kappa shape index (κ2) is 8.30. The Morgan fingerprint density at radius 2 is 1.75 bits per heavy atom. The van der Waals surface area contributed by atoms with E-state index in [0.717, 1.165) is 43.1 Å². The number of amides is 1. The van der Waals surface area contributed by atoms with Crippen LogP contribution in [0.15, 0.2) is 23.1 Å². The number of nitro benzene ring substituents is 1. The van der Waals surface area contributed by atoms with Gasteiger partial charge in [0.2, 0.25) is 15.9 Å². The van der Waals surface area contributed by atoms with Crippen molar-refractivity contribution < 1.29 is 18.1 Å². The maximum absolute atomic E-state index is 12.7. The highest BCUT2D eigenvalue weighted by molar-refractivity contribution is 7.89. The van der Waals surface area contributed by atoms with Crippen molar-refractivity contribution in [2.45, 2.75) is 56.4 Å². The fourth-order valence-electron chi connectivity index (χ4n) is 6.59. The molecule has 4 bridgehead atoms. The Labute approximate surface area is 189 Å². The molecule has 4 fully saturated rings. The number of nitrogens with one attached hydrogen (secondary N) is 2. The highest BCUT2D eigenvalue weighted by Crippen LogP contribution is 2.61. The summed E-state index contributed by atoms with van der Waals surface area (Å²) in [6.07, 6.45) is 7.39. The van der Waals surface area contributed by atoms with Gasteiger partial charge in [0, 0.05) is 26.2 Å². The van der Waals surface area contributed by atoms with Crippen LogP contribution >= 0.6 is 0 Å². The third-order valence-corrected chi connectivity index (χ3v) is 9.14. The summed E-state index contributed by atoms with van der Waals surface area (Å²) in [7, 11) is -0.783. The summed E-state index contributed by atoms with van der Waals surface area (Å²) in [6, 6.07) is 3.71. The largest absolute Gasteiger partial charge is 0.372 e. The Balaban J connectivity index is 1.39. The van der Waals surface area contributed by atoms with Crippen molar-refractivity contribution in [3.8, 4) is 0 Å². The van der Waals surface area contributed by atoms with Crippen LogP contribution in [0.2, 0.25) is 0 Å². The smallest absolute Gasteiger partial charge is 0.293 e. The van der Waals surface area contributed by atoms with Gasteiger partial charge in [0.1, 0.15) is 5.69 Å². The van der Waals surface area contributed by atoms with Crippen molar-refractivity contribution in [3.05, 3.63) is 28.3 Å². The minimum Gasteiger partial charge on any atom is -0.372 e. The Morgan fingerprint density at radius 3 is 2.25 bits per heavy atom. The van der Waals surface area contributed by atoms with E-state index in [1.54, 1.807) is 19.0 Å². The van der Waals surface area contributed by atoms with Crippen molar-refractivity contribution >= 4 is 27.3 Å². The molecule has 10 heteroatoms. The van der Waals surface area contributed by atoms with Gasteiger partial charge < -0.3 is 10.2 Å². The maximum atomic E-state index is 12.7. The fourth-order valence-corrected chi connectivity index (χ4v) is 7.59. The number of nitro groups is 1. The van der Waals surface area contributed by atoms with Gasteiger partial charge in [-0.3, -0.25) is 14.9 Å². The van der Waals surface area contributed by atoms with Gasteiger partial charge in [0.25, 0.3) is 5.69 Å². The van der Waals surface area contributed by atoms with Crippen molar-refractivity contribution in [1.29, 1.82) is 0 Å². The first kappa shape index (κ1) is 23.0. The van der Waals surface area contributed by atoms with Crippen molar-refractivity contribution in [1.82, 2.24) is 10.0 Å². The molecule has 32 heavy (non-hydrogen) atoms. The fraction of sp³-hybridized carbons (Fsp3) is 0.682. The minimum atomic E-state index is -4.07. The Morgan fingerprint density at radius 1 is 1.19 bits per heavy atom. The molecule has 4 aliphatic carbocycles. The van der Waals surface area contributed by atoms with E-state index in [1.165, 1.54) is 31.4 Å². The molecule has 0 spiro atoms. The molecule has 4 aliphatic rings. The van der Waals surface area contributed by atoms with E-state index >= 15 is 0 Å². The van der Waals surface area contributed by atoms with Crippen molar-refractivity contribution in [2.75, 3.05) is 25.5 Å². The molecular weight excluding hydrogens is 432 g/mol. The van der Waals surface area contributed by atoms with Gasteiger partial charge in [-0.05, 0) is 80.8 Å². The molecule has 1 aromatic carbocycles. The number of hydrogen-bond donors (Lipinski definition) is 2. The highest BCUT2D eigenvalue weighted by atomic mass is 32.2. The molecule has 0 saturated heterocycles. The zero-order valence-electron chi connectivity index (χ0n) is 18.8. The quantitative estimate of drug-likeness (QED) is 0.451. The predicted molar refractivity (Wildman–Crippen MR) is 121 cm³/mol. The van der Waals surface area contributed by atoms with E-state index in [2.05, 4.69) is 10.0 Å². The second-order valence-electron chi connectivity index (χ2n) is 10.2. The minimum absolute atomic E-state index is 0.00614. The molecule has 1 amide bonds. The maximum Gasteiger partial charge on any atom is 0.293 e. The van der Waals surface area contributed by atoms with E-state index in [0.29, 0.717) is 5.69 Å². The van der Waals surface area contributed by atoms with Crippen LogP contribution in [0.4, 0.5) is 11.4 Å². The van der Waals surface area contributed by atoms with Crippen LogP contribution in [0.5, 0.6) is 0 Å². The van der Waals surface area contributed by atoms with Crippen LogP contribution in [-0.2, 0) is 14.8 Å². The molecular formula is C22H32N4O5S. The molecule has 2 N–H and O–H groups in total. The summed E-state index contributed by atoms with van der Waals surface area (Å²) in [5.41, 5.74) is 0.125. The molecule has 0 radical (unpaired) electrons.